The Bertz CT molecular complexity index is 971. The topological polar surface area (TPSA) is 75.1 Å². The molecule has 2 saturated heterocycles. The van der Waals surface area contributed by atoms with Gasteiger partial charge in [-0.3, -0.25) is 4.79 Å². The van der Waals surface area contributed by atoms with Gasteiger partial charge in [0.05, 0.1) is 30.4 Å². The van der Waals surface area contributed by atoms with Crippen LogP contribution < -0.4 is 19.3 Å². The third kappa shape index (κ3) is 5.29. The zero-order valence-electron chi connectivity index (χ0n) is 19.4. The Kier molecular flexibility index (Phi) is 7.17. The Balaban J connectivity index is 1.38. The second-order valence-electron chi connectivity index (χ2n) is 9.16. The monoisotopic (exact) mass is 473 g/mol. The van der Waals surface area contributed by atoms with Gasteiger partial charge in [0.2, 0.25) is 5.88 Å². The number of aliphatic carboxylic acids is 1. The number of piperidine rings is 1. The number of carbonyl (C=O) groups is 1. The number of nitrogens with zero attached hydrogens (tertiary/aromatic N) is 3. The number of aromatic nitrogens is 1. The first-order valence-corrected chi connectivity index (χ1v) is 11.9. The van der Waals surface area contributed by atoms with Crippen molar-refractivity contribution in [2.24, 2.45) is 11.8 Å². The predicted octanol–water partition coefficient (Wildman–Crippen LogP) is 4.73. The van der Waals surface area contributed by atoms with Crippen LogP contribution in [0.2, 0.25) is 5.02 Å². The van der Waals surface area contributed by atoms with E-state index in [0.29, 0.717) is 22.7 Å². The number of rotatable bonds is 7. The van der Waals surface area contributed by atoms with Gasteiger partial charge in [-0.2, -0.15) is 0 Å². The van der Waals surface area contributed by atoms with Crippen LogP contribution in [-0.2, 0) is 4.79 Å². The minimum absolute atomic E-state index is 0.0391. The van der Waals surface area contributed by atoms with Gasteiger partial charge in [0.1, 0.15) is 11.9 Å². The fourth-order valence-electron chi connectivity index (χ4n) is 4.99. The Morgan fingerprint density at radius 3 is 2.61 bits per heavy atom. The highest BCUT2D eigenvalue weighted by atomic mass is 35.5. The molecule has 33 heavy (non-hydrogen) atoms. The highest BCUT2D eigenvalue weighted by Crippen LogP contribution is 2.35. The Labute approximate surface area is 200 Å². The van der Waals surface area contributed by atoms with E-state index in [2.05, 4.69) is 28.6 Å². The minimum atomic E-state index is -0.745. The van der Waals surface area contributed by atoms with Crippen molar-refractivity contribution in [3.8, 4) is 11.6 Å². The van der Waals surface area contributed by atoms with Gasteiger partial charge in [-0.05, 0) is 36.6 Å². The highest BCUT2D eigenvalue weighted by molar-refractivity contribution is 6.33. The van der Waals surface area contributed by atoms with Gasteiger partial charge in [0, 0.05) is 49.8 Å². The molecule has 3 heterocycles. The quantitative estimate of drug-likeness (QED) is 0.623. The lowest BCUT2D eigenvalue weighted by molar-refractivity contribution is -0.137. The standard InChI is InChI=1S/C25H32ClN3O4/c1-16-8-11-29(21(16)13-25(30)31)18-4-6-19(7-5-18)33-23-9-10-28(15-17(23)2)22-12-24(32-3)27-14-20(22)26/h4-7,12,14,16-17,21,23H,8-11,13,15H2,1-3H3,(H,30,31)/t16-,17-,21+,23-/m1/s1. The number of carboxylic acid groups (broad SMARTS) is 1. The second kappa shape index (κ2) is 10.1. The van der Waals surface area contributed by atoms with Gasteiger partial charge in [-0.15, -0.1) is 0 Å². The number of ether oxygens (including phenoxy) is 2. The summed E-state index contributed by atoms with van der Waals surface area (Å²) in [6, 6.07) is 10.0. The zero-order chi connectivity index (χ0) is 23.5. The normalized spacial score (nSPS) is 25.2. The van der Waals surface area contributed by atoms with Gasteiger partial charge in [-0.1, -0.05) is 25.4 Å². The fraction of sp³-hybridized carbons (Fsp3) is 0.520. The molecule has 0 spiro atoms. The van der Waals surface area contributed by atoms with Crippen LogP contribution >= 0.6 is 11.6 Å². The second-order valence-corrected chi connectivity index (χ2v) is 9.57. The van der Waals surface area contributed by atoms with Crippen molar-refractivity contribution < 1.29 is 19.4 Å². The Hall–Kier alpha value is -2.67. The summed E-state index contributed by atoms with van der Waals surface area (Å²) in [7, 11) is 1.60. The van der Waals surface area contributed by atoms with Crippen LogP contribution in [0.4, 0.5) is 11.4 Å². The lowest BCUT2D eigenvalue weighted by Crippen LogP contribution is -2.44. The summed E-state index contributed by atoms with van der Waals surface area (Å²) >= 11 is 6.39. The lowest BCUT2D eigenvalue weighted by Gasteiger charge is -2.38. The first-order chi connectivity index (χ1) is 15.9. The number of methoxy groups -OCH3 is 1. The Morgan fingerprint density at radius 2 is 1.94 bits per heavy atom. The summed E-state index contributed by atoms with van der Waals surface area (Å²) in [6.45, 7) is 6.88. The molecule has 2 aliphatic heterocycles. The molecule has 1 aromatic heterocycles. The van der Waals surface area contributed by atoms with E-state index in [1.54, 1.807) is 13.3 Å². The molecule has 1 aromatic carbocycles. The number of hydrogen-bond donors (Lipinski definition) is 1. The van der Waals surface area contributed by atoms with Crippen molar-refractivity contribution in [1.29, 1.82) is 0 Å². The SMILES string of the molecule is COc1cc(N2CC[C@@H](Oc3ccc(N4CC[C@@H](C)[C@@H]4CC(=O)O)cc3)[C@H](C)C2)c(Cl)cn1. The molecule has 2 fully saturated rings. The highest BCUT2D eigenvalue weighted by Gasteiger charge is 2.33. The molecule has 178 valence electrons. The summed E-state index contributed by atoms with van der Waals surface area (Å²) in [4.78, 5) is 19.9. The van der Waals surface area contributed by atoms with Gasteiger partial charge >= 0.3 is 5.97 Å². The number of halogens is 1. The van der Waals surface area contributed by atoms with Gasteiger partial charge in [0.25, 0.3) is 0 Å². The van der Waals surface area contributed by atoms with Gasteiger partial charge in [0.15, 0.2) is 0 Å². The molecule has 0 amide bonds. The van der Waals surface area contributed by atoms with Crippen molar-refractivity contribution >= 4 is 28.9 Å². The maximum atomic E-state index is 11.3. The fourth-order valence-corrected chi connectivity index (χ4v) is 5.21. The largest absolute Gasteiger partial charge is 0.490 e. The average molecular weight is 474 g/mol. The van der Waals surface area contributed by atoms with E-state index >= 15 is 0 Å². The van der Waals surface area contributed by atoms with Crippen molar-refractivity contribution in [3.05, 3.63) is 41.6 Å². The molecular formula is C25H32ClN3O4. The van der Waals surface area contributed by atoms with Gasteiger partial charge in [-0.25, -0.2) is 4.98 Å². The van der Waals surface area contributed by atoms with Crippen LogP contribution in [0.1, 0.15) is 33.1 Å². The number of pyridine rings is 1. The lowest BCUT2D eigenvalue weighted by atomic mass is 9.96. The molecule has 1 N–H and O–H groups in total. The molecule has 7 nitrogen and oxygen atoms in total. The number of carboxylic acids is 1. The molecule has 4 rings (SSSR count). The Morgan fingerprint density at radius 1 is 1.18 bits per heavy atom. The summed E-state index contributed by atoms with van der Waals surface area (Å²) in [6.07, 6.45) is 3.81. The number of anilines is 2. The summed E-state index contributed by atoms with van der Waals surface area (Å²) in [5.74, 6) is 1.34. The molecule has 0 bridgehead atoms. The van der Waals surface area contributed by atoms with E-state index in [9.17, 15) is 9.90 Å². The molecular weight excluding hydrogens is 442 g/mol. The van der Waals surface area contributed by atoms with Crippen LogP contribution in [0.5, 0.6) is 11.6 Å². The molecule has 2 aromatic rings. The van der Waals surface area contributed by atoms with E-state index in [4.69, 9.17) is 21.1 Å². The number of benzene rings is 1. The summed E-state index contributed by atoms with van der Waals surface area (Å²) < 4.78 is 11.6. The van der Waals surface area contributed by atoms with Crippen molar-refractivity contribution in [3.63, 3.8) is 0 Å². The number of hydrogen-bond acceptors (Lipinski definition) is 6. The molecule has 2 aliphatic rings. The first kappa shape index (κ1) is 23.5. The summed E-state index contributed by atoms with van der Waals surface area (Å²) in [5, 5.41) is 9.89. The zero-order valence-corrected chi connectivity index (χ0v) is 20.2. The van der Waals surface area contributed by atoms with Crippen LogP contribution in [0.25, 0.3) is 0 Å². The summed E-state index contributed by atoms with van der Waals surface area (Å²) in [5.41, 5.74) is 2.00. The van der Waals surface area contributed by atoms with Crippen LogP contribution in [0, 0.1) is 11.8 Å². The van der Waals surface area contributed by atoms with E-state index < -0.39 is 5.97 Å². The third-order valence-electron chi connectivity index (χ3n) is 6.91. The van der Waals surface area contributed by atoms with Crippen molar-refractivity contribution in [2.45, 2.75) is 45.3 Å². The molecule has 4 atom stereocenters. The maximum absolute atomic E-state index is 11.3. The molecule has 0 saturated carbocycles. The molecule has 0 unspecified atom stereocenters. The van der Waals surface area contributed by atoms with Crippen LogP contribution in [0.3, 0.4) is 0 Å². The minimum Gasteiger partial charge on any atom is -0.490 e. The first-order valence-electron chi connectivity index (χ1n) is 11.6. The van der Waals surface area contributed by atoms with E-state index in [0.717, 1.165) is 49.6 Å². The van der Waals surface area contributed by atoms with E-state index in [1.165, 1.54) is 0 Å². The van der Waals surface area contributed by atoms with Crippen LogP contribution in [0.15, 0.2) is 36.5 Å². The maximum Gasteiger partial charge on any atom is 0.305 e. The van der Waals surface area contributed by atoms with Gasteiger partial charge < -0.3 is 24.4 Å². The van der Waals surface area contributed by atoms with E-state index in [-0.39, 0.29) is 18.6 Å². The van der Waals surface area contributed by atoms with Crippen molar-refractivity contribution in [2.75, 3.05) is 36.5 Å². The average Bonchev–Trinajstić information content (AvgIpc) is 3.15. The van der Waals surface area contributed by atoms with E-state index in [1.807, 2.05) is 30.3 Å². The molecule has 0 radical (unpaired) electrons. The molecule has 8 heteroatoms. The van der Waals surface area contributed by atoms with Crippen molar-refractivity contribution in [1.82, 2.24) is 4.98 Å². The smallest absolute Gasteiger partial charge is 0.305 e. The predicted molar refractivity (Wildman–Crippen MR) is 130 cm³/mol. The third-order valence-corrected chi connectivity index (χ3v) is 7.20. The molecule has 0 aliphatic carbocycles. The van der Waals surface area contributed by atoms with Crippen LogP contribution in [-0.4, -0.2) is 54.9 Å².